The van der Waals surface area contributed by atoms with Crippen LogP contribution in [0.1, 0.15) is 28.8 Å². The van der Waals surface area contributed by atoms with Crippen LogP contribution in [0.3, 0.4) is 0 Å². The minimum absolute atomic E-state index is 0.227. The predicted molar refractivity (Wildman–Crippen MR) is 55.0 cm³/mol. The molecule has 5 heteroatoms. The molecule has 0 spiro atoms. The van der Waals surface area contributed by atoms with Crippen molar-refractivity contribution in [3.05, 3.63) is 23.3 Å². The summed E-state index contributed by atoms with van der Waals surface area (Å²) in [4.78, 5) is 22.2. The zero-order chi connectivity index (χ0) is 11.0. The molecule has 2 aromatic heterocycles. The van der Waals surface area contributed by atoms with E-state index in [1.54, 1.807) is 6.92 Å². The van der Waals surface area contributed by atoms with Crippen molar-refractivity contribution in [1.82, 2.24) is 15.0 Å². The van der Waals surface area contributed by atoms with Crippen LogP contribution in [0.25, 0.3) is 11.0 Å². The molecule has 0 atom stereocenters. The van der Waals surface area contributed by atoms with Crippen LogP contribution < -0.4 is 0 Å². The van der Waals surface area contributed by atoms with Crippen molar-refractivity contribution in [3.63, 3.8) is 0 Å². The Bertz CT molecular complexity index is 531. The molecule has 2 aromatic rings. The molecule has 15 heavy (non-hydrogen) atoms. The average Bonchev–Trinajstić information content (AvgIpc) is 2.61. The van der Waals surface area contributed by atoms with E-state index in [1.807, 2.05) is 6.92 Å². The summed E-state index contributed by atoms with van der Waals surface area (Å²) in [5.41, 5.74) is 1.53. The Labute approximate surface area is 86.2 Å². The molecule has 2 heterocycles. The average molecular weight is 205 g/mol. The highest BCUT2D eigenvalue weighted by molar-refractivity contribution is 6.03. The van der Waals surface area contributed by atoms with Gasteiger partial charge in [0.25, 0.3) is 0 Å². The van der Waals surface area contributed by atoms with Crippen LogP contribution in [0, 0.1) is 6.92 Å². The summed E-state index contributed by atoms with van der Waals surface area (Å²) in [5.74, 6) is -0.240. The van der Waals surface area contributed by atoms with Gasteiger partial charge in [-0.15, -0.1) is 0 Å². The first-order valence-electron chi connectivity index (χ1n) is 4.71. The van der Waals surface area contributed by atoms with E-state index in [9.17, 15) is 4.79 Å². The second-order valence-electron chi connectivity index (χ2n) is 3.31. The van der Waals surface area contributed by atoms with Crippen LogP contribution in [0.4, 0.5) is 0 Å². The van der Waals surface area contributed by atoms with E-state index in [0.717, 1.165) is 12.2 Å². The summed E-state index contributed by atoms with van der Waals surface area (Å²) < 4.78 is 0. The number of hydrogen-bond donors (Lipinski definition) is 2. The number of hydrogen-bond acceptors (Lipinski definition) is 3. The van der Waals surface area contributed by atoms with Gasteiger partial charge in [0, 0.05) is 12.6 Å². The Morgan fingerprint density at radius 2 is 2.27 bits per heavy atom. The molecular weight excluding hydrogens is 194 g/mol. The molecule has 0 unspecified atom stereocenters. The second kappa shape index (κ2) is 3.34. The quantitative estimate of drug-likeness (QED) is 0.779. The molecular formula is C10H11N3O2. The second-order valence-corrected chi connectivity index (χ2v) is 3.31. The van der Waals surface area contributed by atoms with E-state index in [0.29, 0.717) is 16.7 Å². The van der Waals surface area contributed by atoms with Gasteiger partial charge in [0.05, 0.1) is 16.6 Å². The number of aromatic nitrogens is 3. The highest BCUT2D eigenvalue weighted by atomic mass is 16.4. The molecule has 0 radical (unpaired) electrons. The third-order valence-corrected chi connectivity index (χ3v) is 2.31. The number of H-pyrrole nitrogens is 1. The van der Waals surface area contributed by atoms with Crippen LogP contribution in [-0.2, 0) is 6.42 Å². The van der Waals surface area contributed by atoms with Gasteiger partial charge in [0.15, 0.2) is 0 Å². The van der Waals surface area contributed by atoms with Gasteiger partial charge < -0.3 is 10.1 Å². The van der Waals surface area contributed by atoms with Gasteiger partial charge in [-0.05, 0) is 6.92 Å². The standard InChI is InChI=1S/C10H11N3O2/c1-3-7-12-5(2)8-6(10(14)15)4-11-9(8)13-7/h4H,3H2,1-2H3,(H,14,15)(H,11,12,13). The predicted octanol–water partition coefficient (Wildman–Crippen LogP) is 1.53. The fourth-order valence-corrected chi connectivity index (χ4v) is 1.60. The van der Waals surface area contributed by atoms with Crippen LogP contribution in [0.15, 0.2) is 6.20 Å². The van der Waals surface area contributed by atoms with Gasteiger partial charge in [-0.25, -0.2) is 14.8 Å². The smallest absolute Gasteiger partial charge is 0.338 e. The molecule has 0 aliphatic carbocycles. The summed E-state index contributed by atoms with van der Waals surface area (Å²) in [7, 11) is 0. The molecule has 0 saturated heterocycles. The topological polar surface area (TPSA) is 78.9 Å². The van der Waals surface area contributed by atoms with Crippen molar-refractivity contribution in [3.8, 4) is 0 Å². The Kier molecular flexibility index (Phi) is 2.15. The lowest BCUT2D eigenvalue weighted by Crippen LogP contribution is -1.99. The molecule has 5 nitrogen and oxygen atoms in total. The molecule has 2 N–H and O–H groups in total. The number of aryl methyl sites for hydroxylation is 2. The summed E-state index contributed by atoms with van der Waals surface area (Å²) in [5, 5.41) is 9.54. The first kappa shape index (κ1) is 9.64. The molecule has 0 fully saturated rings. The van der Waals surface area contributed by atoms with Gasteiger partial charge in [-0.2, -0.15) is 0 Å². The molecule has 0 saturated carbocycles. The Balaban J connectivity index is 2.77. The van der Waals surface area contributed by atoms with E-state index in [-0.39, 0.29) is 5.56 Å². The van der Waals surface area contributed by atoms with E-state index in [2.05, 4.69) is 15.0 Å². The fraction of sp³-hybridized carbons (Fsp3) is 0.300. The maximum atomic E-state index is 10.9. The van der Waals surface area contributed by atoms with Crippen molar-refractivity contribution < 1.29 is 9.90 Å². The highest BCUT2D eigenvalue weighted by Gasteiger charge is 2.14. The Morgan fingerprint density at radius 3 is 2.87 bits per heavy atom. The van der Waals surface area contributed by atoms with Crippen molar-refractivity contribution in [2.24, 2.45) is 0 Å². The first-order valence-corrected chi connectivity index (χ1v) is 4.71. The lowest BCUT2D eigenvalue weighted by Gasteiger charge is -2.00. The normalized spacial score (nSPS) is 10.8. The van der Waals surface area contributed by atoms with E-state index < -0.39 is 5.97 Å². The number of carboxylic acids is 1. The van der Waals surface area contributed by atoms with Gasteiger partial charge in [0.2, 0.25) is 0 Å². The molecule has 2 rings (SSSR count). The number of rotatable bonds is 2. The third kappa shape index (κ3) is 1.45. The monoisotopic (exact) mass is 205 g/mol. The summed E-state index contributed by atoms with van der Waals surface area (Å²) >= 11 is 0. The molecule has 0 aliphatic heterocycles. The molecule has 78 valence electrons. The number of nitrogens with one attached hydrogen (secondary N) is 1. The zero-order valence-corrected chi connectivity index (χ0v) is 8.53. The minimum atomic E-state index is -0.961. The van der Waals surface area contributed by atoms with Gasteiger partial charge in [-0.1, -0.05) is 6.92 Å². The number of carbonyl (C=O) groups is 1. The molecule has 0 aliphatic rings. The van der Waals surface area contributed by atoms with Crippen molar-refractivity contribution in [1.29, 1.82) is 0 Å². The minimum Gasteiger partial charge on any atom is -0.478 e. The highest BCUT2D eigenvalue weighted by Crippen LogP contribution is 2.19. The van der Waals surface area contributed by atoms with Crippen LogP contribution >= 0.6 is 0 Å². The largest absolute Gasteiger partial charge is 0.478 e. The zero-order valence-electron chi connectivity index (χ0n) is 8.53. The van der Waals surface area contributed by atoms with Gasteiger partial charge in [-0.3, -0.25) is 0 Å². The van der Waals surface area contributed by atoms with Crippen LogP contribution in [-0.4, -0.2) is 26.0 Å². The number of aromatic carboxylic acids is 1. The van der Waals surface area contributed by atoms with Gasteiger partial charge >= 0.3 is 5.97 Å². The summed E-state index contributed by atoms with van der Waals surface area (Å²) in [6.45, 7) is 3.76. The lowest BCUT2D eigenvalue weighted by atomic mass is 10.2. The van der Waals surface area contributed by atoms with E-state index in [1.165, 1.54) is 6.20 Å². The van der Waals surface area contributed by atoms with Crippen molar-refractivity contribution in [2.75, 3.05) is 0 Å². The van der Waals surface area contributed by atoms with E-state index in [4.69, 9.17) is 5.11 Å². The number of aromatic amines is 1. The number of nitrogens with zero attached hydrogens (tertiary/aromatic N) is 2. The maximum absolute atomic E-state index is 10.9. The maximum Gasteiger partial charge on any atom is 0.338 e. The number of carboxylic acid groups (broad SMARTS) is 1. The summed E-state index contributed by atoms with van der Waals surface area (Å²) in [6.07, 6.45) is 2.19. The van der Waals surface area contributed by atoms with Crippen LogP contribution in [0.5, 0.6) is 0 Å². The molecule has 0 bridgehead atoms. The SMILES string of the molecule is CCc1nc(C)c2c(C(=O)O)c[nH]c2n1. The van der Waals surface area contributed by atoms with Crippen molar-refractivity contribution >= 4 is 17.0 Å². The molecule has 0 aromatic carbocycles. The lowest BCUT2D eigenvalue weighted by molar-refractivity contribution is 0.0699. The Hall–Kier alpha value is -1.91. The van der Waals surface area contributed by atoms with E-state index >= 15 is 0 Å². The third-order valence-electron chi connectivity index (χ3n) is 2.31. The van der Waals surface area contributed by atoms with Gasteiger partial charge in [0.1, 0.15) is 11.5 Å². The fourth-order valence-electron chi connectivity index (χ4n) is 1.60. The van der Waals surface area contributed by atoms with Crippen LogP contribution in [0.2, 0.25) is 0 Å². The molecule has 0 amide bonds. The Morgan fingerprint density at radius 1 is 1.53 bits per heavy atom. The summed E-state index contributed by atoms with van der Waals surface area (Å²) in [6, 6.07) is 0. The van der Waals surface area contributed by atoms with Crippen molar-refractivity contribution in [2.45, 2.75) is 20.3 Å². The first-order chi connectivity index (χ1) is 7.13. The number of fused-ring (bicyclic) bond motifs is 1.